The second kappa shape index (κ2) is 11.2. The maximum atomic E-state index is 15.0. The Bertz CT molecular complexity index is 1280. The summed E-state index contributed by atoms with van der Waals surface area (Å²) in [4.78, 5) is 43.0. The number of unbranched alkanes of at least 4 members (excludes halogenated alkanes) is 1. The van der Waals surface area contributed by atoms with E-state index in [4.69, 9.17) is 17.2 Å². The van der Waals surface area contributed by atoms with Crippen molar-refractivity contribution >= 4 is 45.7 Å². The van der Waals surface area contributed by atoms with E-state index in [0.717, 1.165) is 0 Å². The van der Waals surface area contributed by atoms with Crippen LogP contribution in [0.25, 0.3) is 21.9 Å². The Kier molecular flexibility index (Phi) is 8.13. The van der Waals surface area contributed by atoms with Crippen LogP contribution in [-0.2, 0) is 14.4 Å². The molecule has 0 fully saturated rings. The molecule has 0 bridgehead atoms. The van der Waals surface area contributed by atoms with E-state index in [1.54, 1.807) is 19.1 Å². The summed E-state index contributed by atoms with van der Waals surface area (Å²) < 4.78 is 15.0. The quantitative estimate of drug-likeness (QED) is 0.218. The number of carbonyl (C=O) groups is 3. The highest BCUT2D eigenvalue weighted by Crippen LogP contribution is 2.35. The molecule has 11 heteroatoms. The first-order chi connectivity index (χ1) is 16.7. The van der Waals surface area contributed by atoms with Crippen molar-refractivity contribution in [2.24, 2.45) is 5.73 Å². The van der Waals surface area contributed by atoms with Gasteiger partial charge in [0.15, 0.2) is 5.82 Å². The molecular weight excluding hydrogens is 453 g/mol. The number of nitrogens with zero attached hydrogens (tertiary/aromatic N) is 2. The average molecular weight is 482 g/mol. The molecule has 0 radical (unpaired) electrons. The number of primary amides is 1. The van der Waals surface area contributed by atoms with Crippen molar-refractivity contribution in [2.75, 3.05) is 23.3 Å². The summed E-state index contributed by atoms with van der Waals surface area (Å²) in [6, 6.07) is 3.21. The highest BCUT2D eigenvalue weighted by Gasteiger charge is 2.17. The van der Waals surface area contributed by atoms with E-state index in [2.05, 4.69) is 20.6 Å². The van der Waals surface area contributed by atoms with E-state index in [9.17, 15) is 14.4 Å². The van der Waals surface area contributed by atoms with Crippen molar-refractivity contribution in [1.29, 1.82) is 0 Å². The Morgan fingerprint density at radius 2 is 1.71 bits per heavy atom. The molecule has 0 aliphatic heterocycles. The molecular formula is C24H28FN7O3. The maximum Gasteiger partial charge on any atom is 0.227 e. The van der Waals surface area contributed by atoms with Crippen LogP contribution in [0.2, 0.25) is 0 Å². The molecule has 3 amide bonds. The molecule has 0 aliphatic carbocycles. The van der Waals surface area contributed by atoms with Crippen molar-refractivity contribution in [3.8, 4) is 11.1 Å². The molecule has 2 aromatic heterocycles. The fourth-order valence-corrected chi connectivity index (χ4v) is 3.57. The lowest BCUT2D eigenvalue weighted by atomic mass is 9.97. The molecule has 184 valence electrons. The maximum absolute atomic E-state index is 15.0. The third kappa shape index (κ3) is 6.40. The van der Waals surface area contributed by atoms with Crippen LogP contribution in [-0.4, -0.2) is 34.2 Å². The molecule has 0 aliphatic rings. The van der Waals surface area contributed by atoms with Gasteiger partial charge in [-0.25, -0.2) is 9.37 Å². The molecule has 0 unspecified atom stereocenters. The van der Waals surface area contributed by atoms with Gasteiger partial charge in [0.2, 0.25) is 17.7 Å². The number of nitrogens with one attached hydrogen (secondary N) is 2. The minimum Gasteiger partial charge on any atom is -0.397 e. The van der Waals surface area contributed by atoms with Crippen LogP contribution in [0.5, 0.6) is 0 Å². The van der Waals surface area contributed by atoms with Gasteiger partial charge < -0.3 is 27.8 Å². The number of hydrogen-bond donors (Lipinski definition) is 5. The van der Waals surface area contributed by atoms with Gasteiger partial charge in [0.1, 0.15) is 5.82 Å². The molecule has 3 rings (SSSR count). The van der Waals surface area contributed by atoms with Crippen molar-refractivity contribution < 1.29 is 18.8 Å². The number of halogens is 1. The summed E-state index contributed by atoms with van der Waals surface area (Å²) >= 11 is 0. The molecule has 3 aromatic rings. The number of nitrogen functional groups attached to an aromatic ring is 2. The number of hydrogen-bond acceptors (Lipinski definition) is 7. The lowest BCUT2D eigenvalue weighted by Gasteiger charge is -2.13. The van der Waals surface area contributed by atoms with Gasteiger partial charge in [0.05, 0.1) is 17.6 Å². The summed E-state index contributed by atoms with van der Waals surface area (Å²) in [5.41, 5.74) is 18.8. The van der Waals surface area contributed by atoms with Gasteiger partial charge in [-0.1, -0.05) is 0 Å². The number of rotatable bonds is 10. The van der Waals surface area contributed by atoms with Crippen LogP contribution < -0.4 is 27.8 Å². The third-order valence-electron chi connectivity index (χ3n) is 5.56. The van der Waals surface area contributed by atoms with E-state index < -0.39 is 11.7 Å². The van der Waals surface area contributed by atoms with Crippen molar-refractivity contribution in [3.05, 3.63) is 42.1 Å². The van der Waals surface area contributed by atoms with Gasteiger partial charge in [-0.2, -0.15) is 0 Å². The van der Waals surface area contributed by atoms with Crippen molar-refractivity contribution in [2.45, 2.75) is 39.0 Å². The van der Waals surface area contributed by atoms with Crippen LogP contribution in [0.3, 0.4) is 0 Å². The van der Waals surface area contributed by atoms with E-state index in [1.165, 1.54) is 18.6 Å². The summed E-state index contributed by atoms with van der Waals surface area (Å²) in [5.74, 6) is -1.29. The number of pyridine rings is 2. The van der Waals surface area contributed by atoms with Crippen LogP contribution in [0.1, 0.15) is 37.7 Å². The SMILES string of the molecule is Cc1c(N)cncc1-c1cc2cc(NC(=O)CCNC(=O)CCCCC(N)=O)ncc2c(N)c1F. The van der Waals surface area contributed by atoms with Gasteiger partial charge in [-0.05, 0) is 42.8 Å². The van der Waals surface area contributed by atoms with E-state index >= 15 is 4.39 Å². The van der Waals surface area contributed by atoms with Crippen LogP contribution in [0, 0.1) is 12.7 Å². The van der Waals surface area contributed by atoms with Gasteiger partial charge in [-0.15, -0.1) is 0 Å². The zero-order valence-electron chi connectivity index (χ0n) is 19.4. The highest BCUT2D eigenvalue weighted by atomic mass is 19.1. The van der Waals surface area contributed by atoms with Gasteiger partial charge in [0, 0.05) is 54.7 Å². The first kappa shape index (κ1) is 25.3. The number of carbonyl (C=O) groups excluding carboxylic acids is 3. The molecule has 2 heterocycles. The summed E-state index contributed by atoms with van der Waals surface area (Å²) in [5, 5.41) is 6.31. The second-order valence-corrected chi connectivity index (χ2v) is 8.17. The lowest BCUT2D eigenvalue weighted by Crippen LogP contribution is -2.27. The summed E-state index contributed by atoms with van der Waals surface area (Å²) in [6.07, 6.45) is 6.02. The smallest absolute Gasteiger partial charge is 0.227 e. The fraction of sp³-hybridized carbons (Fsp3) is 0.292. The lowest BCUT2D eigenvalue weighted by molar-refractivity contribution is -0.122. The topological polar surface area (TPSA) is 179 Å². The highest BCUT2D eigenvalue weighted by molar-refractivity contribution is 6.00. The van der Waals surface area contributed by atoms with Gasteiger partial charge in [0.25, 0.3) is 0 Å². The predicted octanol–water partition coefficient (Wildman–Crippen LogP) is 2.40. The molecule has 0 atom stereocenters. The largest absolute Gasteiger partial charge is 0.397 e. The predicted molar refractivity (Wildman–Crippen MR) is 132 cm³/mol. The molecule has 10 nitrogen and oxygen atoms in total. The standard InChI is InChI=1S/C24H28FN7O3/c1-13-16(10-29-12-18(13)26)15-8-14-9-20(31-11-17(14)24(28)23(15)25)32-22(35)6-7-30-21(34)5-3-2-4-19(27)33/h8-12H,2-7,26,28H2,1H3,(H2,27,33)(H,30,34)(H,31,32,35). The van der Waals surface area contributed by atoms with E-state index in [1.807, 2.05) is 0 Å². The Labute approximate surface area is 201 Å². The molecule has 8 N–H and O–H groups in total. The third-order valence-corrected chi connectivity index (χ3v) is 5.56. The monoisotopic (exact) mass is 481 g/mol. The molecule has 0 saturated heterocycles. The Morgan fingerprint density at radius 3 is 2.46 bits per heavy atom. The number of anilines is 3. The van der Waals surface area contributed by atoms with E-state index in [-0.39, 0.29) is 54.7 Å². The van der Waals surface area contributed by atoms with Crippen LogP contribution in [0.4, 0.5) is 21.6 Å². The molecule has 0 spiro atoms. The zero-order valence-corrected chi connectivity index (χ0v) is 19.4. The summed E-state index contributed by atoms with van der Waals surface area (Å²) in [7, 11) is 0. The minimum absolute atomic E-state index is 0.0394. The first-order valence-electron chi connectivity index (χ1n) is 11.1. The van der Waals surface area contributed by atoms with E-state index in [0.29, 0.717) is 40.4 Å². The second-order valence-electron chi connectivity index (χ2n) is 8.17. The molecule has 1 aromatic carbocycles. The first-order valence-corrected chi connectivity index (χ1v) is 11.1. The number of aromatic nitrogens is 2. The van der Waals surface area contributed by atoms with Crippen molar-refractivity contribution in [1.82, 2.24) is 15.3 Å². The van der Waals surface area contributed by atoms with Crippen LogP contribution >= 0.6 is 0 Å². The van der Waals surface area contributed by atoms with Crippen LogP contribution in [0.15, 0.2) is 30.7 Å². The normalized spacial score (nSPS) is 10.8. The Hall–Kier alpha value is -4.28. The average Bonchev–Trinajstić information content (AvgIpc) is 2.81. The van der Waals surface area contributed by atoms with Crippen molar-refractivity contribution in [3.63, 3.8) is 0 Å². The summed E-state index contributed by atoms with van der Waals surface area (Å²) in [6.45, 7) is 1.92. The number of fused-ring (bicyclic) bond motifs is 1. The van der Waals surface area contributed by atoms with Gasteiger partial charge in [-0.3, -0.25) is 19.4 Å². The number of benzene rings is 1. The number of nitrogens with two attached hydrogens (primary N) is 3. The Morgan fingerprint density at radius 1 is 0.971 bits per heavy atom. The molecule has 35 heavy (non-hydrogen) atoms. The number of amides is 3. The molecule has 0 saturated carbocycles. The fourth-order valence-electron chi connectivity index (χ4n) is 3.57. The zero-order chi connectivity index (χ0) is 25.5. The minimum atomic E-state index is -0.600. The van der Waals surface area contributed by atoms with Gasteiger partial charge >= 0.3 is 0 Å². The Balaban J connectivity index is 1.65.